The molecule has 2 aliphatic heterocycles. The van der Waals surface area contributed by atoms with Crippen LogP contribution in [0.4, 0.5) is 0 Å². The zero-order valence-electron chi connectivity index (χ0n) is 13.9. The van der Waals surface area contributed by atoms with Crippen LogP contribution in [0.1, 0.15) is 51.0 Å². The van der Waals surface area contributed by atoms with Gasteiger partial charge in [0.15, 0.2) is 5.75 Å². The van der Waals surface area contributed by atoms with Gasteiger partial charge in [-0.3, -0.25) is 10.5 Å². The van der Waals surface area contributed by atoms with Crippen molar-refractivity contribution in [2.75, 3.05) is 19.8 Å². The molecule has 0 spiro atoms. The minimum absolute atomic E-state index is 0.00561. The van der Waals surface area contributed by atoms with Crippen molar-refractivity contribution in [3.05, 3.63) is 34.3 Å². The van der Waals surface area contributed by atoms with E-state index in [2.05, 4.69) is 36.8 Å². The maximum absolute atomic E-state index is 12.2. The van der Waals surface area contributed by atoms with Crippen molar-refractivity contribution >= 4 is 5.70 Å². The third kappa shape index (κ3) is 2.77. The van der Waals surface area contributed by atoms with Crippen molar-refractivity contribution in [3.8, 4) is 5.75 Å². The number of likely N-dealkylation sites (N-methyl/N-ethyl adjacent to an activating group) is 1. The Morgan fingerprint density at radius 1 is 1.41 bits per heavy atom. The first kappa shape index (κ1) is 16.6. The van der Waals surface area contributed by atoms with Crippen LogP contribution in [0.3, 0.4) is 0 Å². The molecule has 5 nitrogen and oxygen atoms in total. The van der Waals surface area contributed by atoms with Crippen molar-refractivity contribution in [2.24, 2.45) is 5.73 Å². The summed E-state index contributed by atoms with van der Waals surface area (Å²) in [6.07, 6.45) is 3.27. The molecule has 0 saturated heterocycles. The lowest BCUT2D eigenvalue weighted by atomic mass is 10.1. The molecule has 0 radical (unpaired) electrons. The van der Waals surface area contributed by atoms with Gasteiger partial charge in [-0.1, -0.05) is 26.8 Å². The van der Waals surface area contributed by atoms with E-state index in [1.54, 1.807) is 6.07 Å². The molecule has 5 heteroatoms. The quantitative estimate of drug-likeness (QED) is 0.871. The minimum atomic E-state index is -0.0912. The van der Waals surface area contributed by atoms with Crippen LogP contribution in [0.5, 0.6) is 5.75 Å². The summed E-state index contributed by atoms with van der Waals surface area (Å²) in [7, 11) is 0. The van der Waals surface area contributed by atoms with Gasteiger partial charge in [0.1, 0.15) is 12.4 Å². The fraction of sp³-hybridized carbons (Fsp3) is 0.588. The number of aromatic nitrogens is 1. The van der Waals surface area contributed by atoms with E-state index < -0.39 is 0 Å². The summed E-state index contributed by atoms with van der Waals surface area (Å²) >= 11 is 0. The van der Waals surface area contributed by atoms with E-state index in [9.17, 15) is 4.79 Å². The molecule has 22 heavy (non-hydrogen) atoms. The van der Waals surface area contributed by atoms with Crippen LogP contribution >= 0.6 is 0 Å². The van der Waals surface area contributed by atoms with Crippen molar-refractivity contribution in [3.63, 3.8) is 0 Å². The average molecular weight is 305 g/mol. The average Bonchev–Trinajstić information content (AvgIpc) is 2.88. The zero-order chi connectivity index (χ0) is 16.3. The van der Waals surface area contributed by atoms with E-state index in [4.69, 9.17) is 10.5 Å². The second-order valence-electron chi connectivity index (χ2n) is 5.74. The summed E-state index contributed by atoms with van der Waals surface area (Å²) < 4.78 is 7.61. The summed E-state index contributed by atoms with van der Waals surface area (Å²) in [5.41, 5.74) is 8.13. The molecular formula is C17H27N3O2. The summed E-state index contributed by atoms with van der Waals surface area (Å²) in [6, 6.07) is 2.10. The maximum atomic E-state index is 12.2. The van der Waals surface area contributed by atoms with Crippen molar-refractivity contribution in [2.45, 2.75) is 46.1 Å². The molecule has 3 rings (SSSR count). The molecule has 0 aliphatic carbocycles. The Morgan fingerprint density at radius 3 is 2.68 bits per heavy atom. The predicted molar refractivity (Wildman–Crippen MR) is 90.0 cm³/mol. The van der Waals surface area contributed by atoms with Crippen molar-refractivity contribution < 1.29 is 4.74 Å². The Hall–Kier alpha value is -1.75. The molecule has 122 valence electrons. The summed E-state index contributed by atoms with van der Waals surface area (Å²) in [6.45, 7) is 12.3. The molecule has 0 fully saturated rings. The molecule has 1 aromatic heterocycles. The molecule has 1 atom stereocenters. The molecular weight excluding hydrogens is 278 g/mol. The van der Waals surface area contributed by atoms with E-state index in [-0.39, 0.29) is 12.2 Å². The lowest BCUT2D eigenvalue weighted by Gasteiger charge is -2.37. The molecule has 3 heterocycles. The van der Waals surface area contributed by atoms with E-state index in [1.807, 2.05) is 0 Å². The Kier molecular flexibility index (Phi) is 5.29. The zero-order valence-corrected chi connectivity index (χ0v) is 13.9. The van der Waals surface area contributed by atoms with Crippen molar-refractivity contribution in [1.29, 1.82) is 0 Å². The molecule has 1 aromatic rings. The second-order valence-corrected chi connectivity index (χ2v) is 5.74. The Bertz CT molecular complexity index is 607. The number of nitrogens with zero attached hydrogens (tertiary/aromatic N) is 2. The van der Waals surface area contributed by atoms with E-state index in [1.165, 1.54) is 6.42 Å². The van der Waals surface area contributed by atoms with Gasteiger partial charge in [-0.05, 0) is 19.8 Å². The number of hydrogen-bond donors (Lipinski definition) is 1. The molecule has 1 unspecified atom stereocenters. The van der Waals surface area contributed by atoms with Crippen molar-refractivity contribution in [1.82, 2.24) is 9.47 Å². The number of hydrogen-bond acceptors (Lipinski definition) is 4. The normalized spacial score (nSPS) is 18.6. The van der Waals surface area contributed by atoms with Crippen LogP contribution < -0.4 is 15.9 Å². The van der Waals surface area contributed by atoms with Gasteiger partial charge >= 0.3 is 0 Å². The predicted octanol–water partition coefficient (Wildman–Crippen LogP) is 2.35. The highest BCUT2D eigenvalue weighted by Gasteiger charge is 2.34. The van der Waals surface area contributed by atoms with E-state index in [0.29, 0.717) is 11.8 Å². The fourth-order valence-corrected chi connectivity index (χ4v) is 3.21. The van der Waals surface area contributed by atoms with E-state index >= 15 is 0 Å². The first-order chi connectivity index (χ1) is 10.6. The number of pyridine rings is 1. The SMILES string of the molecule is C=C1c2c(OCN)c(=O)cc3n2C(CC3)CN1CC.CCC. The largest absolute Gasteiger partial charge is 0.472 e. The molecule has 2 N–H and O–H groups in total. The highest BCUT2D eigenvalue weighted by molar-refractivity contribution is 5.67. The van der Waals surface area contributed by atoms with Crippen LogP contribution in [0.25, 0.3) is 5.70 Å². The lowest BCUT2D eigenvalue weighted by Crippen LogP contribution is -2.37. The standard InChI is InChI=1S/C14H19N3O2.C3H8/c1-3-16-7-11-5-4-10-6-12(18)14(19-8-15)13(9(16)2)17(10)11;1-3-2/h6,11H,2-5,7-8,15H2,1H3;3H2,1-2H3. The van der Waals surface area contributed by atoms with Crippen LogP contribution in [0.2, 0.25) is 0 Å². The summed E-state index contributed by atoms with van der Waals surface area (Å²) in [5, 5.41) is 0. The van der Waals surface area contributed by atoms with Gasteiger partial charge in [0.05, 0.1) is 11.7 Å². The monoisotopic (exact) mass is 305 g/mol. The summed E-state index contributed by atoms with van der Waals surface area (Å²) in [4.78, 5) is 14.4. The number of rotatable bonds is 3. The topological polar surface area (TPSA) is 60.5 Å². The van der Waals surface area contributed by atoms with Crippen LogP contribution in [0.15, 0.2) is 17.4 Å². The smallest absolute Gasteiger partial charge is 0.224 e. The second kappa shape index (κ2) is 7.01. The van der Waals surface area contributed by atoms with Gasteiger partial charge in [-0.2, -0.15) is 0 Å². The maximum Gasteiger partial charge on any atom is 0.224 e. The van der Waals surface area contributed by atoms with Gasteiger partial charge in [-0.15, -0.1) is 0 Å². The van der Waals surface area contributed by atoms with Crippen LogP contribution in [0, 0.1) is 0 Å². The van der Waals surface area contributed by atoms with Crippen LogP contribution in [-0.4, -0.2) is 29.3 Å². The lowest BCUT2D eigenvalue weighted by molar-refractivity contribution is 0.286. The number of nitrogens with two attached hydrogens (primary N) is 1. The van der Waals surface area contributed by atoms with Crippen LogP contribution in [-0.2, 0) is 6.42 Å². The third-order valence-electron chi connectivity index (χ3n) is 4.08. The molecule has 0 amide bonds. The third-order valence-corrected chi connectivity index (χ3v) is 4.08. The highest BCUT2D eigenvalue weighted by Crippen LogP contribution is 2.39. The highest BCUT2D eigenvalue weighted by atomic mass is 16.5. The molecule has 0 saturated carbocycles. The molecule has 0 bridgehead atoms. The Balaban J connectivity index is 0.000000545. The van der Waals surface area contributed by atoms with Gasteiger partial charge in [0.25, 0.3) is 0 Å². The van der Waals surface area contributed by atoms with E-state index in [0.717, 1.165) is 43.0 Å². The first-order valence-corrected chi connectivity index (χ1v) is 8.14. The number of ether oxygens (including phenoxy) is 1. The number of aryl methyl sites for hydroxylation is 1. The van der Waals surface area contributed by atoms with Gasteiger partial charge in [0.2, 0.25) is 5.43 Å². The Labute approximate surface area is 132 Å². The van der Waals surface area contributed by atoms with Gasteiger partial charge < -0.3 is 14.2 Å². The first-order valence-electron chi connectivity index (χ1n) is 8.14. The summed E-state index contributed by atoms with van der Waals surface area (Å²) in [5.74, 6) is 0.348. The Morgan fingerprint density at radius 2 is 2.09 bits per heavy atom. The van der Waals surface area contributed by atoms with Gasteiger partial charge in [-0.25, -0.2) is 0 Å². The molecule has 0 aromatic carbocycles. The molecule has 2 aliphatic rings. The van der Waals surface area contributed by atoms with Gasteiger partial charge in [0, 0.05) is 24.8 Å². The fourth-order valence-electron chi connectivity index (χ4n) is 3.21. The minimum Gasteiger partial charge on any atom is -0.472 e.